The molecule has 0 spiro atoms. The van der Waals surface area contributed by atoms with Crippen LogP contribution in [0.15, 0.2) is 66.9 Å². The third-order valence-corrected chi connectivity index (χ3v) is 13.1. The van der Waals surface area contributed by atoms with E-state index in [1.54, 1.807) is 37.5 Å². The first kappa shape index (κ1) is 40.1. The molecule has 0 bridgehead atoms. The second-order valence-corrected chi connectivity index (χ2v) is 17.5. The largest absolute Gasteiger partial charge is 0.573 e. The van der Waals surface area contributed by atoms with E-state index in [2.05, 4.69) is 30.2 Å². The summed E-state index contributed by atoms with van der Waals surface area (Å²) in [4.78, 5) is 62.2. The number of halogens is 3. The van der Waals surface area contributed by atoms with E-state index in [0.29, 0.717) is 48.3 Å². The molecule has 4 heterocycles. The number of nitrogens with zero attached hydrogens (tertiary/aromatic N) is 4. The average molecular weight is 838 g/mol. The number of aryl methyl sites for hydroxylation is 1. The molecule has 2 aromatic heterocycles. The maximum Gasteiger partial charge on any atom is 0.573 e. The zero-order valence-electron chi connectivity index (χ0n) is 31.9. The van der Waals surface area contributed by atoms with E-state index < -0.39 is 80.7 Å². The second-order valence-electron chi connectivity index (χ2n) is 15.6. The normalized spacial score (nSPS) is 25.9. The minimum absolute atomic E-state index is 0.0337. The summed E-state index contributed by atoms with van der Waals surface area (Å²) in [6.45, 7) is -0.170. The monoisotopic (exact) mass is 837 g/mol. The van der Waals surface area contributed by atoms with Gasteiger partial charge in [0.25, 0.3) is 11.8 Å². The van der Waals surface area contributed by atoms with E-state index in [1.807, 2.05) is 12.2 Å². The number of aromatic nitrogens is 3. The third kappa shape index (κ3) is 8.56. The fourth-order valence-electron chi connectivity index (χ4n) is 7.97. The van der Waals surface area contributed by atoms with Crippen LogP contribution in [0, 0.1) is 5.92 Å². The van der Waals surface area contributed by atoms with Crippen molar-refractivity contribution in [1.82, 2.24) is 35.0 Å². The van der Waals surface area contributed by atoms with Crippen LogP contribution in [0.2, 0.25) is 0 Å². The van der Waals surface area contributed by atoms with Gasteiger partial charge in [0.1, 0.15) is 35.2 Å². The van der Waals surface area contributed by atoms with E-state index in [-0.39, 0.29) is 42.9 Å². The molecule has 15 nitrogen and oxygen atoms in total. The maximum absolute atomic E-state index is 14.7. The predicted molar refractivity (Wildman–Crippen MR) is 206 cm³/mol. The second kappa shape index (κ2) is 15.5. The smallest absolute Gasteiger partial charge is 0.472 e. The van der Waals surface area contributed by atoms with Crippen molar-refractivity contribution in [3.63, 3.8) is 0 Å². The Labute approximate surface area is 336 Å². The molecule has 0 unspecified atom stereocenters. The van der Waals surface area contributed by atoms with Crippen molar-refractivity contribution in [3.8, 4) is 11.6 Å². The highest BCUT2D eigenvalue weighted by atomic mass is 32.2. The molecular formula is C40H42F3N7O8S. The fourth-order valence-corrected chi connectivity index (χ4v) is 9.33. The lowest BCUT2D eigenvalue weighted by molar-refractivity contribution is -0.274. The number of alkyl halides is 3. The first-order chi connectivity index (χ1) is 28.1. The van der Waals surface area contributed by atoms with Crippen LogP contribution in [-0.2, 0) is 31.5 Å². The average Bonchev–Trinajstić information content (AvgIpc) is 4.07. The Hall–Kier alpha value is -5.72. The Balaban J connectivity index is 1.13. The van der Waals surface area contributed by atoms with Gasteiger partial charge in [-0.1, -0.05) is 43.2 Å². The standard InChI is InChI=1S/C40H42F3N7O8S/c1-49-18-17-30(47-49)34(51)44-31-12-6-4-2-3-5-9-23-21-39(23,38(54)48-59(55,56)26-14-15-26)46-35(52)33-20-25(22-50(33)37(31)53)57-36-29-11-8-7-10-27(29)28-16-13-24(19-32(28)45-36)58-40(41,42)43/h5,7-11,13,16-19,23,25-26,31,33H,2-4,6,12,14-15,20-22H2,1H3,(H,44,51)(H,46,52)(H,48,54)/b9-5-/t23-,25-,31+,33+,39-/m1/s1. The van der Waals surface area contributed by atoms with Crippen molar-refractivity contribution in [2.24, 2.45) is 13.0 Å². The van der Waals surface area contributed by atoms with Crippen LogP contribution >= 0.6 is 0 Å². The Morgan fingerprint density at radius 2 is 1.78 bits per heavy atom. The van der Waals surface area contributed by atoms with Gasteiger partial charge in [-0.05, 0) is 68.2 Å². The van der Waals surface area contributed by atoms with Gasteiger partial charge in [-0.25, -0.2) is 13.4 Å². The van der Waals surface area contributed by atoms with Crippen molar-refractivity contribution < 1.29 is 50.2 Å². The number of carbonyl (C=O) groups excluding carboxylic acids is 4. The number of allylic oxidation sites excluding steroid dienone is 1. The van der Waals surface area contributed by atoms with Gasteiger partial charge in [0.15, 0.2) is 0 Å². The molecule has 1 saturated heterocycles. The quantitative estimate of drug-likeness (QED) is 0.172. The number of benzene rings is 2. The van der Waals surface area contributed by atoms with Crippen LogP contribution in [0.1, 0.15) is 68.3 Å². The molecule has 8 rings (SSSR count). The van der Waals surface area contributed by atoms with Gasteiger partial charge in [0.05, 0.1) is 17.3 Å². The number of ether oxygens (including phenoxy) is 2. The van der Waals surface area contributed by atoms with Gasteiger partial charge in [-0.3, -0.25) is 28.6 Å². The van der Waals surface area contributed by atoms with Gasteiger partial charge in [-0.15, -0.1) is 13.2 Å². The molecule has 2 aromatic carbocycles. The van der Waals surface area contributed by atoms with Gasteiger partial charge in [0.2, 0.25) is 27.7 Å². The summed E-state index contributed by atoms with van der Waals surface area (Å²) in [7, 11) is -2.31. The highest BCUT2D eigenvalue weighted by Crippen LogP contribution is 2.46. The molecule has 59 heavy (non-hydrogen) atoms. The summed E-state index contributed by atoms with van der Waals surface area (Å²) < 4.78 is 79.4. The molecule has 2 aliphatic heterocycles. The topological polar surface area (TPSA) is 191 Å². The number of nitrogens with one attached hydrogen (secondary N) is 3. The van der Waals surface area contributed by atoms with Crippen LogP contribution in [-0.4, -0.2) is 93.6 Å². The minimum Gasteiger partial charge on any atom is -0.472 e. The lowest BCUT2D eigenvalue weighted by Crippen LogP contribution is -2.58. The molecule has 2 aliphatic carbocycles. The summed E-state index contributed by atoms with van der Waals surface area (Å²) in [5.41, 5.74) is -1.37. The molecule has 2 saturated carbocycles. The van der Waals surface area contributed by atoms with Crippen molar-refractivity contribution in [3.05, 3.63) is 72.6 Å². The van der Waals surface area contributed by atoms with Gasteiger partial charge in [0, 0.05) is 42.4 Å². The maximum atomic E-state index is 14.7. The van der Waals surface area contributed by atoms with E-state index in [4.69, 9.17) is 4.74 Å². The molecule has 312 valence electrons. The zero-order chi connectivity index (χ0) is 41.7. The third-order valence-electron chi connectivity index (χ3n) is 11.2. The van der Waals surface area contributed by atoms with E-state index >= 15 is 0 Å². The highest BCUT2D eigenvalue weighted by molar-refractivity contribution is 7.91. The van der Waals surface area contributed by atoms with E-state index in [0.717, 1.165) is 12.5 Å². The molecule has 4 amide bonds. The van der Waals surface area contributed by atoms with Crippen molar-refractivity contribution in [2.75, 3.05) is 6.54 Å². The SMILES string of the molecule is Cn1ccc(C(=O)N[C@H]2CCCCC/C=C\[C@@H]3C[C@@]3(C(=O)NS(=O)(=O)C3CC3)NC(=O)[C@@H]3C[C@@H](Oc4nc5cc(OC(F)(F)F)ccc5c5ccccc45)CN3C2=O)n1. The lowest BCUT2D eigenvalue weighted by atomic mass is 10.0. The number of pyridine rings is 1. The number of hydrogen-bond acceptors (Lipinski definition) is 10. The number of rotatable bonds is 8. The number of carbonyl (C=O) groups is 4. The number of fused-ring (bicyclic) bond motifs is 5. The van der Waals surface area contributed by atoms with E-state index in [9.17, 15) is 40.8 Å². The summed E-state index contributed by atoms with van der Waals surface area (Å²) in [6, 6.07) is 9.95. The molecule has 3 fully saturated rings. The number of sulfonamides is 1. The molecular weight excluding hydrogens is 796 g/mol. The summed E-state index contributed by atoms with van der Waals surface area (Å²) in [5.74, 6) is -3.72. The first-order valence-electron chi connectivity index (χ1n) is 19.5. The Kier molecular flexibility index (Phi) is 10.5. The van der Waals surface area contributed by atoms with Gasteiger partial charge >= 0.3 is 6.36 Å². The predicted octanol–water partition coefficient (Wildman–Crippen LogP) is 4.17. The molecule has 19 heteroatoms. The summed E-state index contributed by atoms with van der Waals surface area (Å²) in [6.07, 6.45) is 3.21. The van der Waals surface area contributed by atoms with Crippen LogP contribution in [0.5, 0.6) is 11.6 Å². The van der Waals surface area contributed by atoms with Crippen molar-refractivity contribution >= 4 is 55.3 Å². The summed E-state index contributed by atoms with van der Waals surface area (Å²) in [5, 5.41) is 10.8. The first-order valence-corrected chi connectivity index (χ1v) is 21.1. The van der Waals surface area contributed by atoms with Crippen molar-refractivity contribution in [2.45, 2.75) is 93.1 Å². The highest BCUT2D eigenvalue weighted by Gasteiger charge is 2.62. The number of amides is 4. The van der Waals surface area contributed by atoms with Crippen LogP contribution in [0.25, 0.3) is 21.7 Å². The van der Waals surface area contributed by atoms with Crippen LogP contribution < -0.4 is 24.8 Å². The van der Waals surface area contributed by atoms with Crippen molar-refractivity contribution in [1.29, 1.82) is 0 Å². The van der Waals surface area contributed by atoms with Crippen LogP contribution in [0.3, 0.4) is 0 Å². The molecule has 4 aliphatic rings. The van der Waals surface area contributed by atoms with Gasteiger partial charge < -0.3 is 25.0 Å². The zero-order valence-corrected chi connectivity index (χ0v) is 32.7. The molecule has 4 aromatic rings. The Morgan fingerprint density at radius 1 is 1.00 bits per heavy atom. The number of hydrogen-bond donors (Lipinski definition) is 3. The van der Waals surface area contributed by atoms with E-state index in [1.165, 1.54) is 27.8 Å². The Morgan fingerprint density at radius 3 is 2.51 bits per heavy atom. The molecule has 3 N–H and O–H groups in total. The van der Waals surface area contributed by atoms with Gasteiger partial charge in [-0.2, -0.15) is 5.10 Å². The Bertz CT molecular complexity index is 2470. The molecule has 5 atom stereocenters. The summed E-state index contributed by atoms with van der Waals surface area (Å²) >= 11 is 0. The van der Waals surface area contributed by atoms with Crippen LogP contribution in [0.4, 0.5) is 13.2 Å². The minimum atomic E-state index is -4.94. The fraction of sp³-hybridized carbons (Fsp3) is 0.450. The lowest BCUT2D eigenvalue weighted by Gasteiger charge is -2.29. The molecule has 0 radical (unpaired) electrons.